The summed E-state index contributed by atoms with van der Waals surface area (Å²) in [7, 11) is 1.61. The average Bonchev–Trinajstić information content (AvgIpc) is 3.34. The van der Waals surface area contributed by atoms with Crippen LogP contribution in [0.4, 0.5) is 0 Å². The monoisotopic (exact) mass is 313 g/mol. The van der Waals surface area contributed by atoms with E-state index in [2.05, 4.69) is 5.32 Å². The number of carboxylic acid groups (broad SMARTS) is 1. The van der Waals surface area contributed by atoms with Crippen LogP contribution in [-0.2, 0) is 16.0 Å². The Morgan fingerprint density at radius 2 is 2.04 bits per heavy atom. The summed E-state index contributed by atoms with van der Waals surface area (Å²) in [5, 5.41) is 13.9. The fourth-order valence-corrected chi connectivity index (χ4v) is 2.72. The first kappa shape index (κ1) is 15.3. The number of nitrogens with one attached hydrogen (secondary N) is 1. The Balaban J connectivity index is 1.73. The van der Waals surface area contributed by atoms with Crippen LogP contribution in [0.3, 0.4) is 0 Å². The number of carbonyl (C=O) groups is 2. The molecule has 5 heteroatoms. The number of carboxylic acids is 1. The van der Waals surface area contributed by atoms with Crippen molar-refractivity contribution in [2.75, 3.05) is 13.7 Å². The van der Waals surface area contributed by atoms with Crippen LogP contribution in [0.1, 0.15) is 18.4 Å². The van der Waals surface area contributed by atoms with Gasteiger partial charge in [-0.05, 0) is 41.3 Å². The Morgan fingerprint density at radius 3 is 2.70 bits per heavy atom. The van der Waals surface area contributed by atoms with E-state index in [0.29, 0.717) is 12.8 Å². The lowest BCUT2D eigenvalue weighted by Crippen LogP contribution is -2.35. The zero-order valence-corrected chi connectivity index (χ0v) is 13.0. The lowest BCUT2D eigenvalue weighted by atomic mass is 10.0. The third kappa shape index (κ3) is 3.13. The molecule has 2 N–H and O–H groups in total. The lowest BCUT2D eigenvalue weighted by molar-refractivity contribution is -0.143. The summed E-state index contributed by atoms with van der Waals surface area (Å²) in [6, 6.07) is 11.6. The summed E-state index contributed by atoms with van der Waals surface area (Å²) >= 11 is 0. The van der Waals surface area contributed by atoms with Crippen molar-refractivity contribution in [1.82, 2.24) is 5.32 Å². The fraction of sp³-hybridized carbons (Fsp3) is 0.333. The normalized spacial score (nSPS) is 15.2. The van der Waals surface area contributed by atoms with E-state index in [1.165, 1.54) is 0 Å². The smallest absolute Gasteiger partial charge is 0.311 e. The first-order chi connectivity index (χ1) is 11.0. The molecule has 5 nitrogen and oxygen atoms in total. The number of ether oxygens (including phenoxy) is 1. The Kier molecular flexibility index (Phi) is 3.94. The largest absolute Gasteiger partial charge is 0.497 e. The highest BCUT2D eigenvalue weighted by molar-refractivity contribution is 5.91. The van der Waals surface area contributed by atoms with Crippen LogP contribution in [0.15, 0.2) is 36.4 Å². The van der Waals surface area contributed by atoms with Gasteiger partial charge in [0, 0.05) is 6.54 Å². The molecule has 0 unspecified atom stereocenters. The van der Waals surface area contributed by atoms with Crippen molar-refractivity contribution in [2.45, 2.75) is 19.3 Å². The first-order valence-corrected chi connectivity index (χ1v) is 7.60. The van der Waals surface area contributed by atoms with Gasteiger partial charge in [0.15, 0.2) is 0 Å². The Morgan fingerprint density at radius 1 is 1.26 bits per heavy atom. The summed E-state index contributed by atoms with van der Waals surface area (Å²) < 4.78 is 5.24. The van der Waals surface area contributed by atoms with Crippen molar-refractivity contribution in [3.8, 4) is 5.75 Å². The maximum atomic E-state index is 12.2. The molecule has 0 heterocycles. The fourth-order valence-electron chi connectivity index (χ4n) is 2.72. The second-order valence-corrected chi connectivity index (χ2v) is 6.04. The van der Waals surface area contributed by atoms with E-state index in [-0.39, 0.29) is 18.9 Å². The minimum atomic E-state index is -0.826. The van der Waals surface area contributed by atoms with Crippen LogP contribution in [0.5, 0.6) is 5.75 Å². The van der Waals surface area contributed by atoms with E-state index in [0.717, 1.165) is 22.1 Å². The molecule has 120 valence electrons. The van der Waals surface area contributed by atoms with Crippen molar-refractivity contribution in [2.24, 2.45) is 5.41 Å². The van der Waals surface area contributed by atoms with Crippen LogP contribution < -0.4 is 10.1 Å². The second kappa shape index (κ2) is 5.91. The number of rotatable bonds is 6. The molecule has 0 spiro atoms. The van der Waals surface area contributed by atoms with Crippen LogP contribution in [-0.4, -0.2) is 30.6 Å². The van der Waals surface area contributed by atoms with E-state index in [1.54, 1.807) is 7.11 Å². The first-order valence-electron chi connectivity index (χ1n) is 7.60. The molecule has 1 amide bonds. The Labute approximate surface area is 134 Å². The van der Waals surface area contributed by atoms with Crippen molar-refractivity contribution < 1.29 is 19.4 Å². The van der Waals surface area contributed by atoms with Gasteiger partial charge < -0.3 is 15.2 Å². The Hall–Kier alpha value is -2.56. The Bertz CT molecular complexity index is 765. The molecule has 0 aliphatic heterocycles. The number of carbonyl (C=O) groups excluding carboxylic acids is 1. The third-order valence-corrected chi connectivity index (χ3v) is 4.46. The SMILES string of the molecule is COc1ccc2cccc(CC(=O)NCC3(C(=O)O)CC3)c2c1. The van der Waals surface area contributed by atoms with Gasteiger partial charge in [-0.25, -0.2) is 0 Å². The highest BCUT2D eigenvalue weighted by atomic mass is 16.5. The molecule has 0 bridgehead atoms. The molecule has 0 atom stereocenters. The summed E-state index contributed by atoms with van der Waals surface area (Å²) in [5.74, 6) is -0.242. The molecule has 0 aromatic heterocycles. The molecule has 0 radical (unpaired) electrons. The number of benzene rings is 2. The standard InChI is InChI=1S/C18H19NO4/c1-23-14-6-5-12-3-2-4-13(15(12)10-14)9-16(20)19-11-18(7-8-18)17(21)22/h2-6,10H,7-9,11H2,1H3,(H,19,20)(H,21,22). The molecule has 0 saturated heterocycles. The van der Waals surface area contributed by atoms with Gasteiger partial charge in [0.2, 0.25) is 5.91 Å². The number of amides is 1. The van der Waals surface area contributed by atoms with Crippen molar-refractivity contribution in [1.29, 1.82) is 0 Å². The number of methoxy groups -OCH3 is 1. The van der Waals surface area contributed by atoms with E-state index < -0.39 is 11.4 Å². The number of hydrogen-bond acceptors (Lipinski definition) is 3. The quantitative estimate of drug-likeness (QED) is 0.858. The van der Waals surface area contributed by atoms with Gasteiger partial charge in [-0.15, -0.1) is 0 Å². The van der Waals surface area contributed by atoms with Crippen molar-refractivity contribution >= 4 is 22.6 Å². The number of hydrogen-bond donors (Lipinski definition) is 2. The molecule has 1 aliphatic rings. The van der Waals surface area contributed by atoms with E-state index >= 15 is 0 Å². The van der Waals surface area contributed by atoms with E-state index in [9.17, 15) is 9.59 Å². The van der Waals surface area contributed by atoms with Gasteiger partial charge in [0.1, 0.15) is 5.75 Å². The minimum Gasteiger partial charge on any atom is -0.497 e. The maximum absolute atomic E-state index is 12.2. The lowest BCUT2D eigenvalue weighted by Gasteiger charge is -2.12. The predicted molar refractivity (Wildman–Crippen MR) is 86.5 cm³/mol. The van der Waals surface area contributed by atoms with Crippen LogP contribution in [0.2, 0.25) is 0 Å². The molecule has 3 rings (SSSR count). The maximum Gasteiger partial charge on any atom is 0.311 e. The van der Waals surface area contributed by atoms with E-state index in [1.807, 2.05) is 36.4 Å². The highest BCUT2D eigenvalue weighted by Gasteiger charge is 2.50. The second-order valence-electron chi connectivity index (χ2n) is 6.04. The molecule has 23 heavy (non-hydrogen) atoms. The summed E-state index contributed by atoms with van der Waals surface area (Å²) in [4.78, 5) is 23.3. The van der Waals surface area contributed by atoms with Gasteiger partial charge in [-0.2, -0.15) is 0 Å². The highest BCUT2D eigenvalue weighted by Crippen LogP contribution is 2.45. The summed E-state index contributed by atoms with van der Waals surface area (Å²) in [6.07, 6.45) is 1.49. The zero-order valence-electron chi connectivity index (χ0n) is 13.0. The molecule has 1 aliphatic carbocycles. The summed E-state index contributed by atoms with van der Waals surface area (Å²) in [6.45, 7) is 0.204. The molecule has 2 aromatic carbocycles. The zero-order chi connectivity index (χ0) is 16.4. The van der Waals surface area contributed by atoms with Gasteiger partial charge in [-0.3, -0.25) is 9.59 Å². The van der Waals surface area contributed by atoms with Gasteiger partial charge >= 0.3 is 5.97 Å². The van der Waals surface area contributed by atoms with Gasteiger partial charge in [0.05, 0.1) is 18.9 Å². The molecule has 1 fully saturated rings. The predicted octanol–water partition coefficient (Wildman–Crippen LogP) is 2.37. The van der Waals surface area contributed by atoms with Crippen molar-refractivity contribution in [3.63, 3.8) is 0 Å². The topological polar surface area (TPSA) is 75.6 Å². The van der Waals surface area contributed by atoms with Gasteiger partial charge in [-0.1, -0.05) is 24.3 Å². The van der Waals surface area contributed by atoms with Crippen molar-refractivity contribution in [3.05, 3.63) is 42.0 Å². The van der Waals surface area contributed by atoms with Gasteiger partial charge in [0.25, 0.3) is 0 Å². The number of aliphatic carboxylic acids is 1. The van der Waals surface area contributed by atoms with Crippen LogP contribution >= 0.6 is 0 Å². The summed E-state index contributed by atoms with van der Waals surface area (Å²) in [5.41, 5.74) is 0.163. The van der Waals surface area contributed by atoms with E-state index in [4.69, 9.17) is 9.84 Å². The molecule has 2 aromatic rings. The molecular weight excluding hydrogens is 294 g/mol. The number of fused-ring (bicyclic) bond motifs is 1. The molecule has 1 saturated carbocycles. The third-order valence-electron chi connectivity index (χ3n) is 4.46. The molecular formula is C18H19NO4. The van der Waals surface area contributed by atoms with Crippen LogP contribution in [0.25, 0.3) is 10.8 Å². The minimum absolute atomic E-state index is 0.159. The average molecular weight is 313 g/mol. The van der Waals surface area contributed by atoms with Crippen LogP contribution in [0, 0.1) is 5.41 Å².